The minimum Gasteiger partial charge on any atom is -0.472 e. The number of hydrogen-bond donors (Lipinski definition) is 0. The lowest BCUT2D eigenvalue weighted by molar-refractivity contribution is 0.454. The zero-order chi connectivity index (χ0) is 41.1. The summed E-state index contributed by atoms with van der Waals surface area (Å²) < 4.78 is 7.45. The molecule has 0 aliphatic carbocycles. The van der Waals surface area contributed by atoms with E-state index in [0.29, 0.717) is 0 Å². The Morgan fingerprint density at radius 2 is 1.43 bits per heavy atom. The number of rotatable bonds is 9. The fourth-order valence-electron chi connectivity index (χ4n) is 9.19. The molecule has 0 atom stereocenters. The van der Waals surface area contributed by atoms with E-state index < -0.39 is 0 Å². The van der Waals surface area contributed by atoms with Crippen LogP contribution in [0.3, 0.4) is 0 Å². The summed E-state index contributed by atoms with van der Waals surface area (Å²) in [4.78, 5) is 5.12. The average Bonchev–Trinajstić information content (AvgIpc) is 3.61. The van der Waals surface area contributed by atoms with Gasteiger partial charge in [0.1, 0.15) is 5.76 Å². The third-order valence-corrected chi connectivity index (χ3v) is 12.6. The van der Waals surface area contributed by atoms with E-state index in [0.717, 1.165) is 29.9 Å². The molecule has 0 saturated carbocycles. The molecule has 0 amide bonds. The van der Waals surface area contributed by atoms with Gasteiger partial charge in [-0.25, -0.2) is 0 Å². The largest absolute Gasteiger partial charge is 0.472 e. The third kappa shape index (κ3) is 6.65. The Hall–Kier alpha value is -5.48. The molecular formula is C54H59BN2O. The van der Waals surface area contributed by atoms with Gasteiger partial charge in [-0.1, -0.05) is 146 Å². The molecule has 0 N–H and O–H groups in total. The van der Waals surface area contributed by atoms with E-state index in [1.54, 1.807) is 0 Å². The first-order valence-electron chi connectivity index (χ1n) is 21.3. The lowest BCUT2D eigenvalue weighted by Gasteiger charge is -2.44. The van der Waals surface area contributed by atoms with E-state index in [-0.39, 0.29) is 23.5 Å². The zero-order valence-corrected chi connectivity index (χ0v) is 36.5. The second kappa shape index (κ2) is 15.0. The summed E-state index contributed by atoms with van der Waals surface area (Å²) in [5, 5.41) is 0. The second-order valence-electron chi connectivity index (χ2n) is 18.4. The van der Waals surface area contributed by atoms with Crippen molar-refractivity contribution in [3.63, 3.8) is 0 Å². The number of hydrogen-bond acceptors (Lipinski definition) is 3. The maximum absolute atomic E-state index is 7.45. The van der Waals surface area contributed by atoms with Crippen molar-refractivity contribution in [3.05, 3.63) is 161 Å². The third-order valence-electron chi connectivity index (χ3n) is 12.6. The van der Waals surface area contributed by atoms with Gasteiger partial charge in [0.25, 0.3) is 6.71 Å². The van der Waals surface area contributed by atoms with E-state index in [9.17, 15) is 0 Å². The minimum absolute atomic E-state index is 0.0474. The van der Waals surface area contributed by atoms with Crippen LogP contribution in [0.2, 0.25) is 0 Å². The molecule has 6 aromatic rings. The van der Waals surface area contributed by atoms with Gasteiger partial charge < -0.3 is 14.2 Å². The van der Waals surface area contributed by atoms with Crippen molar-refractivity contribution in [2.45, 2.75) is 106 Å². The Morgan fingerprint density at radius 3 is 2.10 bits per heavy atom. The maximum atomic E-state index is 7.45. The van der Waals surface area contributed by atoms with E-state index in [1.807, 2.05) is 0 Å². The topological polar surface area (TPSA) is 19.6 Å². The smallest absolute Gasteiger partial charge is 0.297 e. The highest BCUT2D eigenvalue weighted by Crippen LogP contribution is 2.51. The summed E-state index contributed by atoms with van der Waals surface area (Å²) in [5.41, 5.74) is 19.6. The molecule has 2 aliphatic rings. The fraction of sp³-hybridized carbons (Fsp3) is 0.296. The first-order chi connectivity index (χ1) is 27.7. The number of anilines is 6. The van der Waals surface area contributed by atoms with Gasteiger partial charge in [0.2, 0.25) is 0 Å². The Labute approximate surface area is 348 Å². The highest BCUT2D eigenvalue weighted by atomic mass is 16.3. The molecule has 0 spiro atoms. The van der Waals surface area contributed by atoms with Gasteiger partial charge in [0.05, 0.1) is 11.3 Å². The second-order valence-corrected chi connectivity index (χ2v) is 18.4. The van der Waals surface area contributed by atoms with Crippen LogP contribution in [0, 0.1) is 13.8 Å². The van der Waals surface area contributed by atoms with Crippen molar-refractivity contribution < 1.29 is 4.42 Å². The molecule has 2 aliphatic heterocycles. The van der Waals surface area contributed by atoms with Gasteiger partial charge in [-0.05, 0) is 125 Å². The van der Waals surface area contributed by atoms with E-state index in [4.69, 9.17) is 4.42 Å². The normalized spacial score (nSPS) is 13.8. The Bertz CT molecular complexity index is 2560. The van der Waals surface area contributed by atoms with Crippen molar-refractivity contribution in [2.24, 2.45) is 0 Å². The van der Waals surface area contributed by atoms with Crippen LogP contribution in [-0.2, 0) is 17.3 Å². The van der Waals surface area contributed by atoms with Crippen LogP contribution >= 0.6 is 0 Å². The summed E-state index contributed by atoms with van der Waals surface area (Å²) in [6, 6.07) is 39.0. The molecule has 4 heteroatoms. The predicted molar refractivity (Wildman–Crippen MR) is 251 cm³/mol. The molecular weight excluding hydrogens is 703 g/mol. The van der Waals surface area contributed by atoms with E-state index >= 15 is 0 Å². The van der Waals surface area contributed by atoms with Crippen molar-refractivity contribution >= 4 is 57.4 Å². The summed E-state index contributed by atoms with van der Waals surface area (Å²) in [6.07, 6.45) is 10.4. The molecule has 0 radical (unpaired) electrons. The summed E-state index contributed by atoms with van der Waals surface area (Å²) in [6.45, 7) is 25.0. The maximum Gasteiger partial charge on any atom is 0.297 e. The molecule has 5 aromatic carbocycles. The van der Waals surface area contributed by atoms with Crippen LogP contribution in [0.1, 0.15) is 108 Å². The van der Waals surface area contributed by atoms with Crippen LogP contribution in [0.15, 0.2) is 132 Å². The van der Waals surface area contributed by atoms with Gasteiger partial charge >= 0.3 is 0 Å². The number of furan rings is 1. The van der Waals surface area contributed by atoms with Crippen LogP contribution in [0.25, 0.3) is 11.1 Å². The standard InChI is InChI=1S/C54H59BN2O/c1-12-14-15-16-22-38-23-18-20-25-44(38)57-45-34-39(42-24-19-17-21-37(42)6)26-31-43(45)55-49-46(32-36(5)33-47(49)57)56(41-29-27-40(28-30-41)53(7,8)9)50-48(54(10,11)13-2)51(35(3)4)58-52(50)55/h12,14-21,23-35H,13,22H2,1-11H3/b14-12-,16-15-. The van der Waals surface area contributed by atoms with Gasteiger partial charge in [-0.3, -0.25) is 0 Å². The van der Waals surface area contributed by atoms with Gasteiger partial charge in [0, 0.05) is 39.9 Å². The Balaban J connectivity index is 1.49. The molecule has 0 fully saturated rings. The molecule has 0 bridgehead atoms. The molecule has 0 unspecified atom stereocenters. The monoisotopic (exact) mass is 762 g/mol. The molecule has 294 valence electrons. The van der Waals surface area contributed by atoms with Gasteiger partial charge in [-0.15, -0.1) is 0 Å². The quantitative estimate of drug-likeness (QED) is 0.108. The average molecular weight is 763 g/mol. The molecule has 0 saturated heterocycles. The fourth-order valence-corrected chi connectivity index (χ4v) is 9.19. The SMILES string of the molecule is C/C=C\C=C/Cc1ccccc1N1c2cc(-c3ccccc3C)ccc2B2c3oc(C(C)C)c(C(C)(C)CC)c3N(c3ccc(C(C)(C)C)cc3)c3cc(C)cc1c32. The highest BCUT2D eigenvalue weighted by molar-refractivity contribution is 6.99. The number of nitrogens with zero attached hydrogens (tertiary/aromatic N) is 2. The Morgan fingerprint density at radius 1 is 0.741 bits per heavy atom. The van der Waals surface area contributed by atoms with Crippen molar-refractivity contribution in [3.8, 4) is 11.1 Å². The first kappa shape index (κ1) is 39.4. The molecule has 1 aromatic heterocycles. The highest BCUT2D eigenvalue weighted by Gasteiger charge is 2.49. The molecule has 3 nitrogen and oxygen atoms in total. The van der Waals surface area contributed by atoms with Crippen LogP contribution in [-0.4, -0.2) is 6.71 Å². The number of benzene rings is 5. The van der Waals surface area contributed by atoms with E-state index in [1.165, 1.54) is 78.3 Å². The van der Waals surface area contributed by atoms with E-state index in [2.05, 4.69) is 213 Å². The van der Waals surface area contributed by atoms with Gasteiger partial charge in [0.15, 0.2) is 0 Å². The Kier molecular flexibility index (Phi) is 10.2. The van der Waals surface area contributed by atoms with Crippen molar-refractivity contribution in [1.82, 2.24) is 0 Å². The summed E-state index contributed by atoms with van der Waals surface area (Å²) in [5.74, 6) is 1.31. The molecule has 58 heavy (non-hydrogen) atoms. The summed E-state index contributed by atoms with van der Waals surface area (Å²) >= 11 is 0. The predicted octanol–water partition coefficient (Wildman–Crippen LogP) is 13.4. The number of para-hydroxylation sites is 1. The van der Waals surface area contributed by atoms with Crippen molar-refractivity contribution in [2.75, 3.05) is 9.80 Å². The molecule has 3 heterocycles. The van der Waals surface area contributed by atoms with Crippen LogP contribution in [0.5, 0.6) is 0 Å². The number of fused-ring (bicyclic) bond motifs is 4. The molecule has 8 rings (SSSR count). The van der Waals surface area contributed by atoms with Crippen LogP contribution in [0.4, 0.5) is 34.1 Å². The number of allylic oxidation sites excluding steroid dienone is 4. The summed E-state index contributed by atoms with van der Waals surface area (Å²) in [7, 11) is 0. The number of aryl methyl sites for hydroxylation is 2. The van der Waals surface area contributed by atoms with Gasteiger partial charge in [-0.2, -0.15) is 0 Å². The lowest BCUT2D eigenvalue weighted by atomic mass is 9.35. The lowest BCUT2D eigenvalue weighted by Crippen LogP contribution is -2.61. The minimum atomic E-state index is -0.123. The van der Waals surface area contributed by atoms with Crippen molar-refractivity contribution in [1.29, 1.82) is 0 Å². The zero-order valence-electron chi connectivity index (χ0n) is 36.5. The van der Waals surface area contributed by atoms with Crippen LogP contribution < -0.4 is 26.4 Å². The first-order valence-corrected chi connectivity index (χ1v) is 21.3.